The fraction of sp³-hybridized carbons (Fsp3) is 0.462. The molecular formula is C26H33N5O. The number of amides is 1. The summed E-state index contributed by atoms with van der Waals surface area (Å²) < 4.78 is 0. The average molecular weight is 432 g/mol. The van der Waals surface area contributed by atoms with Crippen molar-refractivity contribution in [2.24, 2.45) is 11.8 Å². The van der Waals surface area contributed by atoms with E-state index in [1.54, 1.807) is 0 Å². The molecule has 2 aliphatic rings. The first-order valence-electron chi connectivity index (χ1n) is 11.9. The van der Waals surface area contributed by atoms with Gasteiger partial charge in [-0.15, -0.1) is 0 Å². The van der Waals surface area contributed by atoms with Crippen LogP contribution in [0.5, 0.6) is 0 Å². The third kappa shape index (κ3) is 4.80. The van der Waals surface area contributed by atoms with E-state index < -0.39 is 0 Å². The van der Waals surface area contributed by atoms with Crippen molar-refractivity contribution in [3.8, 4) is 0 Å². The maximum atomic E-state index is 12.8. The number of aromatic amines is 1. The molecule has 5 rings (SSSR count). The van der Waals surface area contributed by atoms with Crippen molar-refractivity contribution in [2.75, 3.05) is 37.6 Å². The third-order valence-electron chi connectivity index (χ3n) is 7.00. The Hall–Kier alpha value is -2.86. The lowest BCUT2D eigenvalue weighted by Gasteiger charge is -2.31. The summed E-state index contributed by atoms with van der Waals surface area (Å²) in [6.07, 6.45) is 2.93. The minimum Gasteiger partial charge on any atom is -0.356 e. The van der Waals surface area contributed by atoms with E-state index in [9.17, 15) is 4.79 Å². The van der Waals surface area contributed by atoms with Crippen LogP contribution in [0.4, 0.5) is 5.95 Å². The number of fused-ring (bicyclic) bond motifs is 1. The molecule has 0 unspecified atom stereocenters. The number of aromatic nitrogens is 2. The summed E-state index contributed by atoms with van der Waals surface area (Å²) >= 11 is 0. The number of para-hydroxylation sites is 2. The minimum atomic E-state index is 0.112. The van der Waals surface area contributed by atoms with E-state index in [-0.39, 0.29) is 11.8 Å². The molecule has 3 aromatic rings. The van der Waals surface area contributed by atoms with Crippen LogP contribution in [0.1, 0.15) is 30.4 Å². The Morgan fingerprint density at radius 1 is 1.06 bits per heavy atom. The van der Waals surface area contributed by atoms with Crippen molar-refractivity contribution in [3.63, 3.8) is 0 Å². The van der Waals surface area contributed by atoms with Crippen molar-refractivity contribution in [3.05, 3.63) is 59.7 Å². The molecule has 2 saturated heterocycles. The van der Waals surface area contributed by atoms with Crippen LogP contribution in [0.25, 0.3) is 11.0 Å². The number of carbonyl (C=O) groups is 1. The number of imidazole rings is 1. The van der Waals surface area contributed by atoms with Gasteiger partial charge in [-0.3, -0.25) is 9.69 Å². The predicted octanol–water partition coefficient (Wildman–Crippen LogP) is 3.73. The molecule has 0 radical (unpaired) electrons. The summed E-state index contributed by atoms with van der Waals surface area (Å²) in [5, 5.41) is 3.25. The molecule has 32 heavy (non-hydrogen) atoms. The molecule has 2 N–H and O–H groups in total. The molecule has 0 bridgehead atoms. The molecule has 1 amide bonds. The summed E-state index contributed by atoms with van der Waals surface area (Å²) in [6, 6.07) is 16.9. The molecule has 0 saturated carbocycles. The van der Waals surface area contributed by atoms with Crippen LogP contribution in [-0.4, -0.2) is 53.5 Å². The van der Waals surface area contributed by atoms with Gasteiger partial charge in [0.05, 0.1) is 11.0 Å². The van der Waals surface area contributed by atoms with Crippen LogP contribution >= 0.6 is 0 Å². The molecule has 1 atom stereocenters. The lowest BCUT2D eigenvalue weighted by Crippen LogP contribution is -2.42. The number of hydrogen-bond acceptors (Lipinski definition) is 4. The number of piperidine rings is 1. The molecule has 2 aliphatic heterocycles. The summed E-state index contributed by atoms with van der Waals surface area (Å²) in [5.74, 6) is 1.82. The third-order valence-corrected chi connectivity index (χ3v) is 7.00. The number of benzene rings is 2. The smallest absolute Gasteiger partial charge is 0.223 e. The monoisotopic (exact) mass is 431 g/mol. The van der Waals surface area contributed by atoms with Crippen molar-refractivity contribution in [2.45, 2.75) is 32.7 Å². The zero-order valence-corrected chi connectivity index (χ0v) is 18.9. The van der Waals surface area contributed by atoms with Gasteiger partial charge in [0.15, 0.2) is 0 Å². The molecule has 0 aliphatic carbocycles. The van der Waals surface area contributed by atoms with Gasteiger partial charge in [0.2, 0.25) is 11.9 Å². The van der Waals surface area contributed by atoms with Gasteiger partial charge in [-0.2, -0.15) is 0 Å². The molecule has 1 aromatic heterocycles. The van der Waals surface area contributed by atoms with E-state index >= 15 is 0 Å². The maximum absolute atomic E-state index is 12.8. The van der Waals surface area contributed by atoms with Gasteiger partial charge in [-0.25, -0.2) is 4.98 Å². The highest BCUT2D eigenvalue weighted by atomic mass is 16.1. The van der Waals surface area contributed by atoms with Gasteiger partial charge in [-0.05, 0) is 56.3 Å². The zero-order valence-electron chi connectivity index (χ0n) is 18.9. The number of nitrogens with zero attached hydrogens (tertiary/aromatic N) is 3. The van der Waals surface area contributed by atoms with Crippen LogP contribution in [0.3, 0.4) is 0 Å². The Bertz CT molecular complexity index is 1020. The van der Waals surface area contributed by atoms with Gasteiger partial charge in [0.1, 0.15) is 0 Å². The molecule has 2 aromatic carbocycles. The Morgan fingerprint density at radius 3 is 2.62 bits per heavy atom. The summed E-state index contributed by atoms with van der Waals surface area (Å²) in [7, 11) is 0. The SMILES string of the molecule is Cc1ccc(CN2CC[C@H](CNC(=O)C3CCN(c4nc5ccccc5[nH]4)CC3)C2)cc1. The summed E-state index contributed by atoms with van der Waals surface area (Å²) in [4.78, 5) is 25.7. The van der Waals surface area contributed by atoms with E-state index in [0.717, 1.165) is 75.5 Å². The second-order valence-electron chi connectivity index (χ2n) is 9.46. The van der Waals surface area contributed by atoms with Crippen LogP contribution in [0.15, 0.2) is 48.5 Å². The standard InChI is InChI=1S/C26H33N5O/c1-19-6-8-20(9-7-19)17-30-13-10-21(18-30)16-27-25(32)22-11-14-31(15-12-22)26-28-23-4-2-3-5-24(23)29-26/h2-9,21-22H,10-18H2,1H3,(H,27,32)(H,28,29)/t21-/m1/s1. The van der Waals surface area contributed by atoms with Gasteiger partial charge in [-0.1, -0.05) is 42.0 Å². The Kier molecular flexibility index (Phi) is 6.12. The van der Waals surface area contributed by atoms with Gasteiger partial charge >= 0.3 is 0 Å². The van der Waals surface area contributed by atoms with Crippen LogP contribution in [0, 0.1) is 18.8 Å². The number of H-pyrrole nitrogens is 1. The number of anilines is 1. The van der Waals surface area contributed by atoms with E-state index in [2.05, 4.69) is 57.4 Å². The molecule has 6 nitrogen and oxygen atoms in total. The Labute approximate surface area is 190 Å². The quantitative estimate of drug-likeness (QED) is 0.624. The fourth-order valence-electron chi connectivity index (χ4n) is 5.01. The lowest BCUT2D eigenvalue weighted by molar-refractivity contribution is -0.125. The highest BCUT2D eigenvalue weighted by molar-refractivity contribution is 5.79. The van der Waals surface area contributed by atoms with Gasteiger partial charge < -0.3 is 15.2 Å². The molecule has 3 heterocycles. The number of aryl methyl sites for hydroxylation is 1. The van der Waals surface area contributed by atoms with E-state index in [0.29, 0.717) is 5.92 Å². The van der Waals surface area contributed by atoms with Crippen LogP contribution < -0.4 is 10.2 Å². The minimum absolute atomic E-state index is 0.112. The highest BCUT2D eigenvalue weighted by Crippen LogP contribution is 2.24. The normalized spacial score (nSPS) is 20.2. The summed E-state index contributed by atoms with van der Waals surface area (Å²) in [6.45, 7) is 7.85. The molecule has 2 fully saturated rings. The number of nitrogens with one attached hydrogen (secondary N) is 2. The van der Waals surface area contributed by atoms with Crippen molar-refractivity contribution in [1.82, 2.24) is 20.2 Å². The van der Waals surface area contributed by atoms with Crippen molar-refractivity contribution >= 4 is 22.9 Å². The van der Waals surface area contributed by atoms with E-state index in [1.807, 2.05) is 18.2 Å². The van der Waals surface area contributed by atoms with Gasteiger partial charge in [0.25, 0.3) is 0 Å². The molecule has 6 heteroatoms. The van der Waals surface area contributed by atoms with Crippen molar-refractivity contribution in [1.29, 1.82) is 0 Å². The Morgan fingerprint density at radius 2 is 1.84 bits per heavy atom. The predicted molar refractivity (Wildman–Crippen MR) is 129 cm³/mol. The Balaban J connectivity index is 1.05. The van der Waals surface area contributed by atoms with Crippen LogP contribution in [0.2, 0.25) is 0 Å². The first-order chi connectivity index (χ1) is 15.6. The fourth-order valence-corrected chi connectivity index (χ4v) is 5.01. The number of carbonyl (C=O) groups excluding carboxylic acids is 1. The largest absolute Gasteiger partial charge is 0.356 e. The highest BCUT2D eigenvalue weighted by Gasteiger charge is 2.28. The average Bonchev–Trinajstić information content (AvgIpc) is 3.46. The van der Waals surface area contributed by atoms with E-state index in [4.69, 9.17) is 4.98 Å². The topological polar surface area (TPSA) is 64.3 Å². The molecule has 0 spiro atoms. The molecular weight excluding hydrogens is 398 g/mol. The summed E-state index contributed by atoms with van der Waals surface area (Å²) in [5.41, 5.74) is 4.74. The number of rotatable bonds is 6. The van der Waals surface area contributed by atoms with Gasteiger partial charge in [0, 0.05) is 38.6 Å². The second-order valence-corrected chi connectivity index (χ2v) is 9.46. The number of likely N-dealkylation sites (tertiary alicyclic amines) is 1. The number of hydrogen-bond donors (Lipinski definition) is 2. The lowest BCUT2D eigenvalue weighted by atomic mass is 9.96. The zero-order chi connectivity index (χ0) is 21.9. The molecule has 168 valence electrons. The second kappa shape index (κ2) is 9.33. The van der Waals surface area contributed by atoms with Crippen molar-refractivity contribution < 1.29 is 4.79 Å². The van der Waals surface area contributed by atoms with Crippen LogP contribution in [-0.2, 0) is 11.3 Å². The first-order valence-corrected chi connectivity index (χ1v) is 11.9. The van der Waals surface area contributed by atoms with E-state index in [1.165, 1.54) is 11.1 Å². The maximum Gasteiger partial charge on any atom is 0.223 e. The first kappa shape index (κ1) is 21.0.